The van der Waals surface area contributed by atoms with Crippen LogP contribution in [0.25, 0.3) is 11.6 Å². The largest absolute Gasteiger partial charge is 0.466 e. The van der Waals surface area contributed by atoms with Gasteiger partial charge >= 0.3 is 5.97 Å². The minimum absolute atomic E-state index is 0.0124. The van der Waals surface area contributed by atoms with Crippen LogP contribution in [0.2, 0.25) is 5.28 Å². The van der Waals surface area contributed by atoms with Gasteiger partial charge in [0.1, 0.15) is 5.52 Å². The minimum atomic E-state index is -0.134. The molecule has 2 bridgehead atoms. The van der Waals surface area contributed by atoms with Gasteiger partial charge in [0, 0.05) is 12.2 Å². The van der Waals surface area contributed by atoms with Gasteiger partial charge in [-0.3, -0.25) is 4.79 Å². The number of ether oxygens (including phenoxy) is 1. The molecule has 0 aliphatic heterocycles. The van der Waals surface area contributed by atoms with Crippen LogP contribution in [0.1, 0.15) is 38.2 Å². The second-order valence-electron chi connectivity index (χ2n) is 7.16. The van der Waals surface area contributed by atoms with Crippen molar-refractivity contribution in [3.05, 3.63) is 29.7 Å². The van der Waals surface area contributed by atoms with E-state index in [1.54, 1.807) is 10.6 Å². The Morgan fingerprint density at radius 2 is 2.15 bits per heavy atom. The van der Waals surface area contributed by atoms with Crippen molar-refractivity contribution >= 4 is 35.0 Å². The van der Waals surface area contributed by atoms with Gasteiger partial charge in [-0.25, -0.2) is 4.52 Å². The summed E-state index contributed by atoms with van der Waals surface area (Å²) in [5.74, 6) is 1.24. The predicted octanol–water partition coefficient (Wildman–Crippen LogP) is 3.81. The van der Waals surface area contributed by atoms with Crippen LogP contribution < -0.4 is 5.32 Å². The number of hydrogen-bond acceptors (Lipinski definition) is 5. The lowest BCUT2D eigenvalue weighted by Gasteiger charge is -2.47. The number of esters is 1. The van der Waals surface area contributed by atoms with E-state index in [1.807, 2.05) is 19.2 Å². The topological polar surface area (TPSA) is 68.5 Å². The fourth-order valence-electron chi connectivity index (χ4n) is 4.60. The molecule has 0 aromatic carbocycles. The summed E-state index contributed by atoms with van der Waals surface area (Å²) in [4.78, 5) is 17.0. The van der Waals surface area contributed by atoms with E-state index < -0.39 is 0 Å². The van der Waals surface area contributed by atoms with Gasteiger partial charge in [0.15, 0.2) is 5.82 Å². The Morgan fingerprint density at radius 1 is 1.42 bits per heavy atom. The van der Waals surface area contributed by atoms with Crippen LogP contribution in [-0.4, -0.2) is 33.2 Å². The summed E-state index contributed by atoms with van der Waals surface area (Å²) >= 11 is 6.12. The van der Waals surface area contributed by atoms with Crippen LogP contribution in [0.5, 0.6) is 0 Å². The number of rotatable bonds is 5. The van der Waals surface area contributed by atoms with Crippen molar-refractivity contribution in [3.8, 4) is 0 Å². The predicted molar refractivity (Wildman–Crippen MR) is 101 cm³/mol. The van der Waals surface area contributed by atoms with E-state index in [0.717, 1.165) is 36.8 Å². The zero-order valence-electron chi connectivity index (χ0n) is 14.8. The summed E-state index contributed by atoms with van der Waals surface area (Å²) in [5.41, 5.74) is 1.77. The quantitative estimate of drug-likeness (QED) is 0.806. The van der Waals surface area contributed by atoms with E-state index in [9.17, 15) is 4.79 Å². The molecule has 3 aliphatic rings. The monoisotopic (exact) mass is 374 g/mol. The van der Waals surface area contributed by atoms with Crippen molar-refractivity contribution in [3.63, 3.8) is 0 Å². The van der Waals surface area contributed by atoms with Gasteiger partial charge in [0.25, 0.3) is 0 Å². The molecule has 6 nitrogen and oxygen atoms in total. The van der Waals surface area contributed by atoms with Crippen LogP contribution in [0.15, 0.2) is 18.8 Å². The molecule has 7 heteroatoms. The van der Waals surface area contributed by atoms with Gasteiger partial charge in [0.05, 0.1) is 12.5 Å². The Labute approximate surface area is 157 Å². The number of hydrogen-bond donors (Lipinski definition) is 1. The molecule has 5 rings (SSSR count). The summed E-state index contributed by atoms with van der Waals surface area (Å²) in [5, 5.41) is 7.92. The molecule has 1 N–H and O–H groups in total. The Morgan fingerprint density at radius 3 is 2.85 bits per heavy atom. The third kappa shape index (κ3) is 2.96. The summed E-state index contributed by atoms with van der Waals surface area (Å²) in [6.45, 7) is 6.07. The minimum Gasteiger partial charge on any atom is -0.466 e. The van der Waals surface area contributed by atoms with Gasteiger partial charge in [-0.05, 0) is 67.7 Å². The van der Waals surface area contributed by atoms with Crippen LogP contribution in [-0.2, 0) is 9.53 Å². The summed E-state index contributed by atoms with van der Waals surface area (Å²) in [7, 11) is 0. The maximum Gasteiger partial charge on any atom is 0.311 e. The standard InChI is InChI=1S/C19H23ClN4O2/c1-3-11-9-14-17(22-19(20)23-24(14)10-11)21-16-13-7-5-12(6-8-13)15(16)18(25)26-4-2/h3,9-10,12-13,15-16H,1,4-8H2,2H3,(H,21,22,23)/t12-,13+,15-,16-/m0/s1. The van der Waals surface area contributed by atoms with Gasteiger partial charge in [-0.15, -0.1) is 5.10 Å². The molecule has 0 amide bonds. The zero-order chi connectivity index (χ0) is 18.3. The van der Waals surface area contributed by atoms with E-state index in [-0.39, 0.29) is 23.2 Å². The van der Waals surface area contributed by atoms with Crippen molar-refractivity contribution in [2.24, 2.45) is 17.8 Å². The van der Waals surface area contributed by atoms with E-state index in [0.29, 0.717) is 24.3 Å². The third-order valence-electron chi connectivity index (χ3n) is 5.78. The smallest absolute Gasteiger partial charge is 0.311 e. The van der Waals surface area contributed by atoms with Gasteiger partial charge in [0.2, 0.25) is 5.28 Å². The Hall–Kier alpha value is -2.08. The lowest BCUT2D eigenvalue weighted by molar-refractivity contribution is -0.154. The van der Waals surface area contributed by atoms with Crippen LogP contribution in [0, 0.1) is 17.8 Å². The Bertz CT molecular complexity index is 841. The molecule has 2 aromatic heterocycles. The van der Waals surface area contributed by atoms with Crippen LogP contribution in [0.4, 0.5) is 5.82 Å². The molecule has 0 spiro atoms. The van der Waals surface area contributed by atoms with E-state index in [2.05, 4.69) is 22.0 Å². The molecule has 3 aliphatic carbocycles. The number of nitrogens with zero attached hydrogens (tertiary/aromatic N) is 3. The Balaban J connectivity index is 1.70. The van der Waals surface area contributed by atoms with Gasteiger partial charge < -0.3 is 10.1 Å². The Kier molecular flexibility index (Phi) is 4.61. The molecule has 3 fully saturated rings. The molecule has 2 aromatic rings. The molecule has 2 heterocycles. The highest BCUT2D eigenvalue weighted by atomic mass is 35.5. The van der Waals surface area contributed by atoms with Crippen molar-refractivity contribution in [2.45, 2.75) is 38.6 Å². The number of fused-ring (bicyclic) bond motifs is 4. The summed E-state index contributed by atoms with van der Waals surface area (Å²) in [6, 6.07) is 1.98. The zero-order valence-corrected chi connectivity index (χ0v) is 15.6. The lowest BCUT2D eigenvalue weighted by atomic mass is 9.61. The number of aromatic nitrogens is 3. The highest BCUT2D eigenvalue weighted by Gasteiger charge is 2.48. The second-order valence-corrected chi connectivity index (χ2v) is 7.50. The first-order valence-corrected chi connectivity index (χ1v) is 9.60. The molecule has 2 atom stereocenters. The van der Waals surface area contributed by atoms with Crippen LogP contribution in [0.3, 0.4) is 0 Å². The van der Waals surface area contributed by atoms with Gasteiger partial charge in [-0.1, -0.05) is 12.7 Å². The third-order valence-corrected chi connectivity index (χ3v) is 5.94. The molecule has 3 saturated carbocycles. The summed E-state index contributed by atoms with van der Waals surface area (Å²) < 4.78 is 7.08. The first-order chi connectivity index (χ1) is 12.6. The van der Waals surface area contributed by atoms with Crippen LogP contribution >= 0.6 is 11.6 Å². The number of carbonyl (C=O) groups excluding carboxylic acids is 1. The SMILES string of the molecule is C=Cc1cc2c(N[C@H]3[C@H]4CC[C@H](CC4)[C@@H]3C(=O)OCC)nc(Cl)nn2c1. The number of halogens is 1. The normalized spacial score (nSPS) is 27.5. The average molecular weight is 375 g/mol. The molecular formula is C19H23ClN4O2. The fraction of sp³-hybridized carbons (Fsp3) is 0.526. The maximum absolute atomic E-state index is 12.6. The molecule has 138 valence electrons. The molecule has 0 saturated heterocycles. The number of carbonyl (C=O) groups is 1. The summed E-state index contributed by atoms with van der Waals surface area (Å²) in [6.07, 6.45) is 8.07. The first kappa shape index (κ1) is 17.3. The van der Waals surface area contributed by atoms with Crippen molar-refractivity contribution in [1.82, 2.24) is 14.6 Å². The lowest BCUT2D eigenvalue weighted by Crippen LogP contribution is -2.52. The fourth-order valence-corrected chi connectivity index (χ4v) is 4.77. The molecule has 0 unspecified atom stereocenters. The highest BCUT2D eigenvalue weighted by molar-refractivity contribution is 6.28. The van der Waals surface area contributed by atoms with E-state index >= 15 is 0 Å². The maximum atomic E-state index is 12.6. The van der Waals surface area contributed by atoms with E-state index in [4.69, 9.17) is 16.3 Å². The first-order valence-electron chi connectivity index (χ1n) is 9.22. The highest BCUT2D eigenvalue weighted by Crippen LogP contribution is 2.47. The molecule has 0 radical (unpaired) electrons. The van der Waals surface area contributed by atoms with Crippen molar-refractivity contribution in [1.29, 1.82) is 0 Å². The van der Waals surface area contributed by atoms with Crippen molar-refractivity contribution < 1.29 is 9.53 Å². The van der Waals surface area contributed by atoms with E-state index in [1.165, 1.54) is 0 Å². The average Bonchev–Trinajstić information content (AvgIpc) is 3.06. The second kappa shape index (κ2) is 6.91. The number of nitrogens with one attached hydrogen (secondary N) is 1. The van der Waals surface area contributed by atoms with Crippen molar-refractivity contribution in [2.75, 3.05) is 11.9 Å². The van der Waals surface area contributed by atoms with Gasteiger partial charge in [-0.2, -0.15) is 4.98 Å². The number of anilines is 1. The molecular weight excluding hydrogens is 352 g/mol. The molecule has 26 heavy (non-hydrogen) atoms.